The Bertz CT molecular complexity index is 431. The molecule has 1 atom stereocenters. The molecule has 0 radical (unpaired) electrons. The normalized spacial score (nSPS) is 15.8. The molecule has 1 aromatic carbocycles. The smallest absolute Gasteiger partial charge is 0.326 e. The van der Waals surface area contributed by atoms with Gasteiger partial charge in [0.2, 0.25) is 0 Å². The van der Waals surface area contributed by atoms with Crippen molar-refractivity contribution in [2.75, 3.05) is 18.6 Å². The molecule has 1 heterocycles. The number of aliphatic carboxylic acids is 1. The lowest BCUT2D eigenvalue weighted by atomic mass is 10.1. The zero-order valence-corrected chi connectivity index (χ0v) is 10.1. The quantitative estimate of drug-likeness (QED) is 0.862. The first-order valence-corrected chi connectivity index (χ1v) is 5.73. The Morgan fingerprint density at radius 2 is 2.35 bits per heavy atom. The van der Waals surface area contributed by atoms with Gasteiger partial charge in [0.25, 0.3) is 0 Å². The highest BCUT2D eigenvalue weighted by Gasteiger charge is 2.27. The van der Waals surface area contributed by atoms with E-state index in [1.165, 1.54) is 5.56 Å². The summed E-state index contributed by atoms with van der Waals surface area (Å²) < 4.78 is 5.09. The van der Waals surface area contributed by atoms with Gasteiger partial charge in [-0.3, -0.25) is 0 Å². The van der Waals surface area contributed by atoms with Crippen molar-refractivity contribution in [1.82, 2.24) is 0 Å². The molecule has 0 unspecified atom stereocenters. The molecule has 2 rings (SSSR count). The van der Waals surface area contributed by atoms with E-state index in [-0.39, 0.29) is 0 Å². The van der Waals surface area contributed by atoms with E-state index in [0.29, 0.717) is 6.61 Å². The van der Waals surface area contributed by atoms with Crippen molar-refractivity contribution in [3.8, 4) is 0 Å². The molecular formula is C13H17NO3. The van der Waals surface area contributed by atoms with Crippen molar-refractivity contribution >= 4 is 11.7 Å². The van der Waals surface area contributed by atoms with Gasteiger partial charge >= 0.3 is 5.97 Å². The molecular weight excluding hydrogens is 218 g/mol. The summed E-state index contributed by atoms with van der Waals surface area (Å²) in [5.41, 5.74) is 3.39. The average Bonchev–Trinajstić information content (AvgIpc) is 2.71. The van der Waals surface area contributed by atoms with Gasteiger partial charge in [-0.25, -0.2) is 4.79 Å². The minimum absolute atomic E-state index is 0.468. The maximum absolute atomic E-state index is 11.0. The van der Waals surface area contributed by atoms with E-state index in [0.717, 1.165) is 24.2 Å². The van der Waals surface area contributed by atoms with Crippen LogP contribution in [0.5, 0.6) is 0 Å². The first-order valence-electron chi connectivity index (χ1n) is 5.73. The molecule has 1 aromatic rings. The topological polar surface area (TPSA) is 49.8 Å². The van der Waals surface area contributed by atoms with Crippen LogP contribution < -0.4 is 4.90 Å². The van der Waals surface area contributed by atoms with Crippen LogP contribution in [-0.4, -0.2) is 30.8 Å². The van der Waals surface area contributed by atoms with E-state index >= 15 is 0 Å². The molecule has 0 saturated carbocycles. The van der Waals surface area contributed by atoms with E-state index in [1.807, 2.05) is 17.0 Å². The number of nitrogens with zero attached hydrogens (tertiary/aromatic N) is 1. The van der Waals surface area contributed by atoms with Crippen LogP contribution in [0, 0.1) is 0 Å². The molecule has 0 amide bonds. The van der Waals surface area contributed by atoms with Crippen molar-refractivity contribution in [2.24, 2.45) is 0 Å². The van der Waals surface area contributed by atoms with Crippen molar-refractivity contribution in [2.45, 2.75) is 26.0 Å². The van der Waals surface area contributed by atoms with E-state index in [2.05, 4.69) is 6.07 Å². The lowest BCUT2D eigenvalue weighted by Crippen LogP contribution is -2.37. The molecule has 4 nitrogen and oxygen atoms in total. The van der Waals surface area contributed by atoms with Crippen molar-refractivity contribution in [3.63, 3.8) is 0 Å². The van der Waals surface area contributed by atoms with Crippen LogP contribution >= 0.6 is 0 Å². The summed E-state index contributed by atoms with van der Waals surface area (Å²) in [5.74, 6) is -0.779. The fraction of sp³-hybridized carbons (Fsp3) is 0.462. The van der Waals surface area contributed by atoms with Gasteiger partial charge < -0.3 is 14.7 Å². The van der Waals surface area contributed by atoms with Crippen LogP contribution in [0.15, 0.2) is 18.2 Å². The third-order valence-electron chi connectivity index (χ3n) is 3.21. The molecule has 0 fully saturated rings. The number of ether oxygens (including phenoxy) is 1. The summed E-state index contributed by atoms with van der Waals surface area (Å²) in [6, 6.07) is 5.63. The van der Waals surface area contributed by atoms with Gasteiger partial charge in [-0.1, -0.05) is 12.1 Å². The SMILES string of the molecule is COCc1ccc2c(c1)CCN2[C@H](C)C(=O)O. The molecule has 0 aliphatic carbocycles. The fourth-order valence-electron chi connectivity index (χ4n) is 2.27. The Morgan fingerprint density at radius 1 is 1.59 bits per heavy atom. The Balaban J connectivity index is 2.24. The summed E-state index contributed by atoms with van der Waals surface area (Å²) >= 11 is 0. The minimum atomic E-state index is -0.779. The third kappa shape index (κ3) is 2.26. The van der Waals surface area contributed by atoms with Crippen molar-refractivity contribution in [3.05, 3.63) is 29.3 Å². The summed E-state index contributed by atoms with van der Waals surface area (Å²) in [5, 5.41) is 9.05. The Labute approximate surface area is 101 Å². The number of carboxylic acids is 1. The molecule has 1 aliphatic heterocycles. The van der Waals surface area contributed by atoms with Crippen LogP contribution in [0.1, 0.15) is 18.1 Å². The third-order valence-corrected chi connectivity index (χ3v) is 3.21. The largest absolute Gasteiger partial charge is 0.480 e. The predicted molar refractivity (Wildman–Crippen MR) is 65.3 cm³/mol. The summed E-state index contributed by atoms with van der Waals surface area (Å²) in [4.78, 5) is 12.9. The zero-order chi connectivity index (χ0) is 12.4. The number of methoxy groups -OCH3 is 1. The van der Waals surface area contributed by atoms with Crippen LogP contribution in [-0.2, 0) is 22.6 Å². The zero-order valence-electron chi connectivity index (χ0n) is 10.1. The number of hydrogen-bond acceptors (Lipinski definition) is 3. The van der Waals surface area contributed by atoms with Gasteiger partial charge in [-0.15, -0.1) is 0 Å². The highest BCUT2D eigenvalue weighted by atomic mass is 16.5. The highest BCUT2D eigenvalue weighted by molar-refractivity contribution is 5.79. The van der Waals surface area contributed by atoms with Crippen molar-refractivity contribution < 1.29 is 14.6 Å². The van der Waals surface area contributed by atoms with Crippen molar-refractivity contribution in [1.29, 1.82) is 0 Å². The van der Waals surface area contributed by atoms with E-state index in [4.69, 9.17) is 9.84 Å². The standard InChI is InChI=1S/C13H17NO3/c1-9(13(15)16)14-6-5-11-7-10(8-17-2)3-4-12(11)14/h3-4,7,9H,5-6,8H2,1-2H3,(H,15,16)/t9-/m1/s1. The van der Waals surface area contributed by atoms with Gasteiger partial charge in [0.05, 0.1) is 6.61 Å². The summed E-state index contributed by atoms with van der Waals surface area (Å²) in [7, 11) is 1.67. The number of carbonyl (C=O) groups is 1. The van der Waals surface area contributed by atoms with E-state index < -0.39 is 12.0 Å². The second-order valence-electron chi connectivity index (χ2n) is 4.35. The first-order chi connectivity index (χ1) is 8.13. The maximum Gasteiger partial charge on any atom is 0.326 e. The van der Waals surface area contributed by atoms with Gasteiger partial charge in [-0.05, 0) is 30.5 Å². The summed E-state index contributed by atoms with van der Waals surface area (Å²) in [6.07, 6.45) is 0.907. The van der Waals surface area contributed by atoms with E-state index in [9.17, 15) is 4.79 Å². The van der Waals surface area contributed by atoms with Gasteiger partial charge in [0.1, 0.15) is 6.04 Å². The lowest BCUT2D eigenvalue weighted by molar-refractivity contribution is -0.138. The predicted octanol–water partition coefficient (Wildman–Crippen LogP) is 1.67. The van der Waals surface area contributed by atoms with Crippen LogP contribution in [0.25, 0.3) is 0 Å². The molecule has 1 aliphatic rings. The average molecular weight is 235 g/mol. The number of fused-ring (bicyclic) bond motifs is 1. The molecule has 1 N–H and O–H groups in total. The molecule has 0 bridgehead atoms. The highest BCUT2D eigenvalue weighted by Crippen LogP contribution is 2.30. The fourth-order valence-corrected chi connectivity index (χ4v) is 2.27. The van der Waals surface area contributed by atoms with Crippen LogP contribution in [0.3, 0.4) is 0 Å². The van der Waals surface area contributed by atoms with Gasteiger partial charge in [-0.2, -0.15) is 0 Å². The van der Waals surface area contributed by atoms with Gasteiger partial charge in [0.15, 0.2) is 0 Å². The number of rotatable bonds is 4. The van der Waals surface area contributed by atoms with E-state index in [1.54, 1.807) is 14.0 Å². The maximum atomic E-state index is 11.0. The summed E-state index contributed by atoms with van der Waals surface area (Å²) in [6.45, 7) is 3.10. The molecule has 92 valence electrons. The molecule has 0 spiro atoms. The number of anilines is 1. The Kier molecular flexibility index (Phi) is 3.33. The monoisotopic (exact) mass is 235 g/mol. The molecule has 0 saturated heterocycles. The minimum Gasteiger partial charge on any atom is -0.480 e. The second-order valence-corrected chi connectivity index (χ2v) is 4.35. The first kappa shape index (κ1) is 11.9. The van der Waals surface area contributed by atoms with Crippen LogP contribution in [0.2, 0.25) is 0 Å². The number of carboxylic acid groups (broad SMARTS) is 1. The Morgan fingerprint density at radius 3 is 3.00 bits per heavy atom. The number of hydrogen-bond donors (Lipinski definition) is 1. The van der Waals surface area contributed by atoms with Gasteiger partial charge in [0, 0.05) is 19.3 Å². The molecule has 4 heteroatoms. The molecule has 17 heavy (non-hydrogen) atoms. The Hall–Kier alpha value is -1.55. The van der Waals surface area contributed by atoms with Crippen LogP contribution in [0.4, 0.5) is 5.69 Å². The number of benzene rings is 1. The second kappa shape index (κ2) is 4.75. The lowest BCUT2D eigenvalue weighted by Gasteiger charge is -2.23. The molecule has 0 aromatic heterocycles.